The predicted molar refractivity (Wildman–Crippen MR) is 81.8 cm³/mol. The summed E-state index contributed by atoms with van der Waals surface area (Å²) in [6.45, 7) is 8.44. The summed E-state index contributed by atoms with van der Waals surface area (Å²) in [6.07, 6.45) is 1.78. The molecule has 0 radical (unpaired) electrons. The number of aryl methyl sites for hydroxylation is 1. The topological polar surface area (TPSA) is 78.0 Å². The van der Waals surface area contributed by atoms with Crippen LogP contribution in [0.2, 0.25) is 0 Å². The van der Waals surface area contributed by atoms with Gasteiger partial charge in [-0.15, -0.1) is 5.10 Å². The Kier molecular flexibility index (Phi) is 3.27. The molecule has 0 spiro atoms. The normalized spacial score (nSPS) is 12.0. The lowest BCUT2D eigenvalue weighted by Gasteiger charge is -2.16. The van der Waals surface area contributed by atoms with Crippen molar-refractivity contribution in [1.82, 2.24) is 29.6 Å². The van der Waals surface area contributed by atoms with E-state index in [1.807, 2.05) is 39.8 Å². The molecule has 3 aromatic rings. The molecule has 3 rings (SSSR count). The van der Waals surface area contributed by atoms with Crippen LogP contribution in [0.3, 0.4) is 0 Å². The van der Waals surface area contributed by atoms with Crippen molar-refractivity contribution < 1.29 is 0 Å². The van der Waals surface area contributed by atoms with Crippen LogP contribution in [0.1, 0.15) is 37.9 Å². The van der Waals surface area contributed by atoms with Crippen LogP contribution in [0.4, 0.5) is 0 Å². The smallest absolute Gasteiger partial charge is 0.258 e. The van der Waals surface area contributed by atoms with Gasteiger partial charge in [0.25, 0.3) is 5.56 Å². The molecular weight excluding hydrogens is 280 g/mol. The van der Waals surface area contributed by atoms with Crippen LogP contribution in [0.15, 0.2) is 29.2 Å². The van der Waals surface area contributed by atoms with Crippen LogP contribution in [0.25, 0.3) is 5.65 Å². The third-order valence-electron chi connectivity index (χ3n) is 3.38. The zero-order valence-electron chi connectivity index (χ0n) is 13.1. The van der Waals surface area contributed by atoms with Gasteiger partial charge in [0.05, 0.1) is 12.2 Å². The summed E-state index contributed by atoms with van der Waals surface area (Å²) < 4.78 is 3.23. The molecule has 0 unspecified atom stereocenters. The van der Waals surface area contributed by atoms with E-state index in [2.05, 4.69) is 20.5 Å². The average Bonchev–Trinajstić information content (AvgIpc) is 2.88. The second-order valence-electron chi connectivity index (χ2n) is 6.43. The van der Waals surface area contributed by atoms with Crippen molar-refractivity contribution in [3.8, 4) is 0 Å². The minimum atomic E-state index is -0.174. The van der Waals surface area contributed by atoms with Gasteiger partial charge >= 0.3 is 0 Å². The molecule has 0 aliphatic carbocycles. The lowest BCUT2D eigenvalue weighted by Crippen LogP contribution is -2.22. The van der Waals surface area contributed by atoms with E-state index in [1.165, 1.54) is 6.07 Å². The first-order valence-electron chi connectivity index (χ1n) is 7.10. The van der Waals surface area contributed by atoms with Gasteiger partial charge < -0.3 is 0 Å². The lowest BCUT2D eigenvalue weighted by atomic mass is 9.96. The molecule has 0 aromatic carbocycles. The number of hydrogen-bond acceptors (Lipinski definition) is 5. The van der Waals surface area contributed by atoms with Gasteiger partial charge in [-0.25, -0.2) is 9.67 Å². The Balaban J connectivity index is 2.04. The number of pyridine rings is 1. The highest BCUT2D eigenvalue weighted by Crippen LogP contribution is 2.19. The van der Waals surface area contributed by atoms with Gasteiger partial charge in [0.2, 0.25) is 0 Å². The van der Waals surface area contributed by atoms with Gasteiger partial charge in [-0.1, -0.05) is 26.8 Å². The van der Waals surface area contributed by atoms with Crippen molar-refractivity contribution >= 4 is 5.65 Å². The second kappa shape index (κ2) is 5.01. The zero-order chi connectivity index (χ0) is 15.9. The first-order valence-corrected chi connectivity index (χ1v) is 7.10. The first kappa shape index (κ1) is 14.4. The number of rotatable bonds is 2. The summed E-state index contributed by atoms with van der Waals surface area (Å²) in [5, 5.41) is 11.8. The Hall–Kier alpha value is -2.57. The van der Waals surface area contributed by atoms with Gasteiger partial charge in [0.15, 0.2) is 5.82 Å². The highest BCUT2D eigenvalue weighted by Gasteiger charge is 2.22. The number of hydrogen-bond donors (Lipinski definition) is 0. The molecule has 3 heterocycles. The quantitative estimate of drug-likeness (QED) is 0.713. The Bertz CT molecular complexity index is 887. The van der Waals surface area contributed by atoms with Crippen LogP contribution in [-0.4, -0.2) is 29.6 Å². The fourth-order valence-electron chi connectivity index (χ4n) is 2.34. The highest BCUT2D eigenvalue weighted by molar-refractivity contribution is 5.39. The molecule has 114 valence electrons. The summed E-state index contributed by atoms with van der Waals surface area (Å²) >= 11 is 0. The molecule has 0 aliphatic heterocycles. The van der Waals surface area contributed by atoms with E-state index in [1.54, 1.807) is 15.3 Å². The molecule has 0 aliphatic rings. The third-order valence-corrected chi connectivity index (χ3v) is 3.38. The third kappa shape index (κ3) is 2.61. The van der Waals surface area contributed by atoms with Gasteiger partial charge in [0, 0.05) is 17.7 Å². The van der Waals surface area contributed by atoms with E-state index in [0.717, 1.165) is 11.4 Å². The fourth-order valence-corrected chi connectivity index (χ4v) is 2.34. The molecular formula is C15H18N6O. The number of tetrazole rings is 1. The van der Waals surface area contributed by atoms with Crippen molar-refractivity contribution in [2.24, 2.45) is 0 Å². The maximum atomic E-state index is 12.2. The Labute approximate surface area is 127 Å². The van der Waals surface area contributed by atoms with E-state index in [-0.39, 0.29) is 11.0 Å². The van der Waals surface area contributed by atoms with E-state index in [9.17, 15) is 4.79 Å². The van der Waals surface area contributed by atoms with Crippen molar-refractivity contribution in [3.63, 3.8) is 0 Å². The van der Waals surface area contributed by atoms with E-state index < -0.39 is 0 Å². The van der Waals surface area contributed by atoms with E-state index in [4.69, 9.17) is 0 Å². The maximum Gasteiger partial charge on any atom is 0.258 e. The molecule has 0 bridgehead atoms. The number of fused-ring (bicyclic) bond motifs is 1. The van der Waals surface area contributed by atoms with Crippen molar-refractivity contribution in [2.75, 3.05) is 0 Å². The molecule has 0 amide bonds. The standard InChI is InChI=1S/C15H18N6O/c1-10-5-6-12-16-11(7-13(22)20(12)8-10)9-21-14(15(2,3)4)17-18-19-21/h5-8H,9H2,1-4H3. The molecule has 0 N–H and O–H groups in total. The molecule has 7 nitrogen and oxygen atoms in total. The first-order chi connectivity index (χ1) is 10.3. The molecule has 0 saturated carbocycles. The van der Waals surface area contributed by atoms with Crippen LogP contribution in [0.5, 0.6) is 0 Å². The van der Waals surface area contributed by atoms with E-state index in [0.29, 0.717) is 17.9 Å². The van der Waals surface area contributed by atoms with Crippen molar-refractivity contribution in [2.45, 2.75) is 39.7 Å². The lowest BCUT2D eigenvalue weighted by molar-refractivity contribution is 0.487. The summed E-state index contributed by atoms with van der Waals surface area (Å²) in [6, 6.07) is 5.30. The SMILES string of the molecule is Cc1ccc2nc(Cn3nnnc3C(C)(C)C)cc(=O)n2c1. The summed E-state index contributed by atoms with van der Waals surface area (Å²) in [4.78, 5) is 16.7. The number of aromatic nitrogens is 6. The average molecular weight is 298 g/mol. The van der Waals surface area contributed by atoms with Crippen LogP contribution in [-0.2, 0) is 12.0 Å². The van der Waals surface area contributed by atoms with Crippen molar-refractivity contribution in [3.05, 3.63) is 51.8 Å². The van der Waals surface area contributed by atoms with Crippen molar-refractivity contribution in [1.29, 1.82) is 0 Å². The molecule has 0 atom stereocenters. The summed E-state index contributed by atoms with van der Waals surface area (Å²) in [5.41, 5.74) is 2.01. The minimum absolute atomic E-state index is 0.103. The highest BCUT2D eigenvalue weighted by atomic mass is 16.1. The maximum absolute atomic E-state index is 12.2. The van der Waals surface area contributed by atoms with Gasteiger partial charge in [-0.3, -0.25) is 9.20 Å². The van der Waals surface area contributed by atoms with Crippen LogP contribution in [0, 0.1) is 6.92 Å². The summed E-state index contributed by atoms with van der Waals surface area (Å²) in [7, 11) is 0. The zero-order valence-corrected chi connectivity index (χ0v) is 13.1. The fraction of sp³-hybridized carbons (Fsp3) is 0.400. The molecule has 3 aromatic heterocycles. The monoisotopic (exact) mass is 298 g/mol. The van der Waals surface area contributed by atoms with Crippen LogP contribution < -0.4 is 5.56 Å². The predicted octanol–water partition coefficient (Wildman–Crippen LogP) is 1.34. The Morgan fingerprint density at radius 1 is 1.23 bits per heavy atom. The van der Waals surface area contributed by atoms with Gasteiger partial charge in [0.1, 0.15) is 5.65 Å². The largest absolute Gasteiger partial charge is 0.269 e. The molecule has 22 heavy (non-hydrogen) atoms. The molecule has 0 fully saturated rings. The second-order valence-corrected chi connectivity index (χ2v) is 6.43. The van der Waals surface area contributed by atoms with Gasteiger partial charge in [-0.2, -0.15) is 0 Å². The minimum Gasteiger partial charge on any atom is -0.269 e. The molecule has 0 saturated heterocycles. The summed E-state index contributed by atoms with van der Waals surface area (Å²) in [5.74, 6) is 0.762. The van der Waals surface area contributed by atoms with Gasteiger partial charge in [-0.05, 0) is 29.0 Å². The van der Waals surface area contributed by atoms with E-state index >= 15 is 0 Å². The number of nitrogens with zero attached hydrogens (tertiary/aromatic N) is 6. The van der Waals surface area contributed by atoms with Crippen LogP contribution >= 0.6 is 0 Å². The Morgan fingerprint density at radius 3 is 2.73 bits per heavy atom. The molecule has 7 heteroatoms. The Morgan fingerprint density at radius 2 is 2.00 bits per heavy atom.